The number of ketones is 1. The van der Waals surface area contributed by atoms with Gasteiger partial charge in [-0.1, -0.05) is 18.2 Å². The van der Waals surface area contributed by atoms with Crippen LogP contribution in [-0.4, -0.2) is 20.0 Å². The van der Waals surface area contributed by atoms with Crippen molar-refractivity contribution in [2.75, 3.05) is 14.2 Å². The van der Waals surface area contributed by atoms with Crippen LogP contribution < -0.4 is 9.47 Å². The Morgan fingerprint density at radius 3 is 2.32 bits per heavy atom. The van der Waals surface area contributed by atoms with Gasteiger partial charge in [0.15, 0.2) is 17.3 Å². The van der Waals surface area contributed by atoms with Gasteiger partial charge in [-0.15, -0.1) is 0 Å². The summed E-state index contributed by atoms with van der Waals surface area (Å²) in [5, 5.41) is 9.37. The van der Waals surface area contributed by atoms with Gasteiger partial charge in [0.05, 0.1) is 25.9 Å². The number of Topliss-reactive ketones (excluding diaryl/α,β-unsaturated/α-hetero) is 1. The fourth-order valence-corrected chi connectivity index (χ4v) is 2.33. The van der Waals surface area contributed by atoms with E-state index in [1.165, 1.54) is 38.5 Å². The molecule has 2 aromatic rings. The van der Waals surface area contributed by atoms with E-state index in [0.29, 0.717) is 17.1 Å². The van der Waals surface area contributed by atoms with Crippen LogP contribution in [0.4, 0.5) is 13.2 Å². The zero-order valence-corrected chi connectivity index (χ0v) is 13.4. The van der Waals surface area contributed by atoms with Gasteiger partial charge in [-0.3, -0.25) is 4.79 Å². The standard InChI is InChI=1S/C18H14F3NO3/c1-24-15-7-6-11(9-16(15)25-2)14(10-22)17(23)12-4-3-5-13(8-12)18(19,20)21/h3-9,14H,1-2H3. The summed E-state index contributed by atoms with van der Waals surface area (Å²) >= 11 is 0. The Kier molecular flexibility index (Phi) is 5.32. The van der Waals surface area contributed by atoms with Gasteiger partial charge in [-0.05, 0) is 29.8 Å². The summed E-state index contributed by atoms with van der Waals surface area (Å²) in [5.74, 6) is -1.25. The molecule has 0 saturated heterocycles. The average Bonchev–Trinajstić information content (AvgIpc) is 2.61. The van der Waals surface area contributed by atoms with E-state index in [1.54, 1.807) is 0 Å². The minimum Gasteiger partial charge on any atom is -0.493 e. The third-order valence-electron chi connectivity index (χ3n) is 3.61. The van der Waals surface area contributed by atoms with Gasteiger partial charge in [0, 0.05) is 5.56 Å². The lowest BCUT2D eigenvalue weighted by molar-refractivity contribution is -0.137. The number of nitrogens with zero attached hydrogens (tertiary/aromatic N) is 1. The Labute approximate surface area is 142 Å². The van der Waals surface area contributed by atoms with E-state index < -0.39 is 23.4 Å². The molecular weight excluding hydrogens is 335 g/mol. The quantitative estimate of drug-likeness (QED) is 0.759. The fraction of sp³-hybridized carbons (Fsp3) is 0.222. The monoisotopic (exact) mass is 349 g/mol. The summed E-state index contributed by atoms with van der Waals surface area (Å²) in [5.41, 5.74) is -0.818. The van der Waals surface area contributed by atoms with Crippen molar-refractivity contribution < 1.29 is 27.4 Å². The Balaban J connectivity index is 2.42. The molecule has 0 heterocycles. The molecule has 1 unspecified atom stereocenters. The van der Waals surface area contributed by atoms with Crippen LogP contribution in [0.15, 0.2) is 42.5 Å². The number of methoxy groups -OCH3 is 2. The molecular formula is C18H14F3NO3. The van der Waals surface area contributed by atoms with Crippen molar-refractivity contribution in [1.82, 2.24) is 0 Å². The van der Waals surface area contributed by atoms with Crippen molar-refractivity contribution in [2.24, 2.45) is 0 Å². The van der Waals surface area contributed by atoms with Crippen LogP contribution in [-0.2, 0) is 6.18 Å². The van der Waals surface area contributed by atoms with E-state index in [0.717, 1.165) is 18.2 Å². The highest BCUT2D eigenvalue weighted by Crippen LogP contribution is 2.33. The maximum Gasteiger partial charge on any atom is 0.416 e. The summed E-state index contributed by atoms with van der Waals surface area (Å²) in [6, 6.07) is 10.3. The topological polar surface area (TPSA) is 59.3 Å². The van der Waals surface area contributed by atoms with Crippen LogP contribution in [0.5, 0.6) is 11.5 Å². The number of hydrogen-bond acceptors (Lipinski definition) is 4. The number of rotatable bonds is 5. The minimum atomic E-state index is -4.57. The van der Waals surface area contributed by atoms with Gasteiger partial charge in [0.2, 0.25) is 0 Å². The molecule has 0 fully saturated rings. The van der Waals surface area contributed by atoms with E-state index >= 15 is 0 Å². The molecule has 0 aliphatic rings. The van der Waals surface area contributed by atoms with Crippen molar-refractivity contribution in [3.05, 3.63) is 59.2 Å². The third kappa shape index (κ3) is 3.91. The smallest absolute Gasteiger partial charge is 0.416 e. The van der Waals surface area contributed by atoms with Gasteiger partial charge in [-0.2, -0.15) is 18.4 Å². The predicted octanol–water partition coefficient (Wildman–Crippen LogP) is 4.21. The number of nitriles is 1. The number of halogens is 3. The highest BCUT2D eigenvalue weighted by atomic mass is 19.4. The first-order valence-electron chi connectivity index (χ1n) is 7.14. The zero-order chi connectivity index (χ0) is 18.6. The van der Waals surface area contributed by atoms with Crippen LogP contribution >= 0.6 is 0 Å². The van der Waals surface area contributed by atoms with Crippen molar-refractivity contribution in [3.63, 3.8) is 0 Å². The third-order valence-corrected chi connectivity index (χ3v) is 3.61. The van der Waals surface area contributed by atoms with Crippen LogP contribution in [0.25, 0.3) is 0 Å². The van der Waals surface area contributed by atoms with Gasteiger partial charge >= 0.3 is 6.18 Å². The lowest BCUT2D eigenvalue weighted by atomic mass is 9.91. The number of benzene rings is 2. The van der Waals surface area contributed by atoms with Crippen LogP contribution in [0.2, 0.25) is 0 Å². The maximum atomic E-state index is 12.8. The number of alkyl halides is 3. The summed E-state index contributed by atoms with van der Waals surface area (Å²) in [4.78, 5) is 12.5. The van der Waals surface area contributed by atoms with Crippen LogP contribution in [0.3, 0.4) is 0 Å². The second-order valence-corrected chi connectivity index (χ2v) is 5.12. The molecule has 1 atom stereocenters. The molecule has 0 amide bonds. The lowest BCUT2D eigenvalue weighted by Crippen LogP contribution is -2.13. The molecule has 0 bridgehead atoms. The van der Waals surface area contributed by atoms with Gasteiger partial charge < -0.3 is 9.47 Å². The molecule has 0 N–H and O–H groups in total. The normalized spacial score (nSPS) is 12.2. The van der Waals surface area contributed by atoms with Crippen molar-refractivity contribution in [2.45, 2.75) is 12.1 Å². The Morgan fingerprint density at radius 1 is 1.08 bits per heavy atom. The number of carbonyl (C=O) groups excluding carboxylic acids is 1. The summed E-state index contributed by atoms with van der Waals surface area (Å²) in [6.07, 6.45) is -4.57. The molecule has 0 aliphatic carbocycles. The molecule has 25 heavy (non-hydrogen) atoms. The van der Waals surface area contributed by atoms with Crippen LogP contribution in [0, 0.1) is 11.3 Å². The molecule has 7 heteroatoms. The summed E-state index contributed by atoms with van der Waals surface area (Å²) < 4.78 is 48.6. The van der Waals surface area contributed by atoms with Gasteiger partial charge in [0.25, 0.3) is 0 Å². The van der Waals surface area contributed by atoms with Gasteiger partial charge in [-0.25, -0.2) is 0 Å². The van der Waals surface area contributed by atoms with Gasteiger partial charge in [0.1, 0.15) is 5.92 Å². The Hall–Kier alpha value is -3.01. The maximum absolute atomic E-state index is 12.8. The number of hydrogen-bond donors (Lipinski definition) is 0. The van der Waals surface area contributed by atoms with Crippen LogP contribution in [0.1, 0.15) is 27.4 Å². The summed E-state index contributed by atoms with van der Waals surface area (Å²) in [6.45, 7) is 0. The molecule has 0 saturated carbocycles. The molecule has 2 rings (SSSR count). The first kappa shape index (κ1) is 18.3. The van der Waals surface area contributed by atoms with E-state index in [9.17, 15) is 23.2 Å². The Morgan fingerprint density at radius 2 is 1.76 bits per heavy atom. The molecule has 0 aromatic heterocycles. The first-order chi connectivity index (χ1) is 11.8. The zero-order valence-electron chi connectivity index (χ0n) is 13.4. The second-order valence-electron chi connectivity index (χ2n) is 5.12. The Bertz CT molecular complexity index is 825. The highest BCUT2D eigenvalue weighted by molar-refractivity contribution is 6.03. The van der Waals surface area contributed by atoms with Crippen molar-refractivity contribution in [3.8, 4) is 17.6 Å². The van der Waals surface area contributed by atoms with E-state index in [4.69, 9.17) is 9.47 Å². The number of ether oxygens (including phenoxy) is 2. The lowest BCUT2D eigenvalue weighted by Gasteiger charge is -2.13. The molecule has 0 aliphatic heterocycles. The fourth-order valence-electron chi connectivity index (χ4n) is 2.33. The van der Waals surface area contributed by atoms with Crippen molar-refractivity contribution >= 4 is 5.78 Å². The molecule has 130 valence electrons. The second kappa shape index (κ2) is 7.26. The van der Waals surface area contributed by atoms with E-state index in [-0.39, 0.29) is 5.56 Å². The molecule has 0 radical (unpaired) electrons. The number of carbonyl (C=O) groups is 1. The summed E-state index contributed by atoms with van der Waals surface area (Å²) in [7, 11) is 2.84. The van der Waals surface area contributed by atoms with Crippen molar-refractivity contribution in [1.29, 1.82) is 5.26 Å². The van der Waals surface area contributed by atoms with E-state index in [1.807, 2.05) is 6.07 Å². The predicted molar refractivity (Wildman–Crippen MR) is 83.7 cm³/mol. The largest absolute Gasteiger partial charge is 0.493 e. The highest BCUT2D eigenvalue weighted by Gasteiger charge is 2.32. The molecule has 4 nitrogen and oxygen atoms in total. The SMILES string of the molecule is COc1ccc(C(C#N)C(=O)c2cccc(C(F)(F)F)c2)cc1OC. The minimum absolute atomic E-state index is 0.184. The molecule has 0 spiro atoms. The average molecular weight is 349 g/mol. The molecule has 2 aromatic carbocycles. The van der Waals surface area contributed by atoms with E-state index in [2.05, 4.69) is 0 Å². The first-order valence-corrected chi connectivity index (χ1v) is 7.14.